The Morgan fingerprint density at radius 2 is 1.90 bits per heavy atom. The molecule has 1 heterocycles. The van der Waals surface area contributed by atoms with Crippen LogP contribution in [0.4, 0.5) is 0 Å². The zero-order valence-electron chi connectivity index (χ0n) is 16.3. The van der Waals surface area contributed by atoms with E-state index in [-0.39, 0.29) is 18.5 Å². The van der Waals surface area contributed by atoms with Crippen LogP contribution in [0.25, 0.3) is 11.1 Å². The van der Waals surface area contributed by atoms with Gasteiger partial charge in [-0.1, -0.05) is 6.07 Å². The number of pyridine rings is 1. The molecule has 1 aromatic heterocycles. The van der Waals surface area contributed by atoms with Gasteiger partial charge in [0.25, 0.3) is 11.5 Å². The number of nitrogens with one attached hydrogen (secondary N) is 1. The van der Waals surface area contributed by atoms with Gasteiger partial charge in [0.15, 0.2) is 14.6 Å². The molecule has 10 heteroatoms. The van der Waals surface area contributed by atoms with E-state index >= 15 is 0 Å². The molecule has 156 valence electrons. The minimum Gasteiger partial charge on any atom is -0.366 e. The summed E-state index contributed by atoms with van der Waals surface area (Å²) in [6.45, 7) is 2.94. The lowest BCUT2D eigenvalue weighted by molar-refractivity contribution is -0.131. The molecule has 0 aliphatic rings. The quantitative estimate of drug-likeness (QED) is 0.441. The predicted octanol–water partition coefficient (Wildman–Crippen LogP) is 0.621. The van der Waals surface area contributed by atoms with E-state index in [0.717, 1.165) is 17.4 Å². The van der Waals surface area contributed by atoms with Crippen LogP contribution in [0.3, 0.4) is 0 Å². The lowest BCUT2D eigenvalue weighted by Crippen LogP contribution is -2.49. The lowest BCUT2D eigenvalue weighted by atomic mass is 9.99. The molecule has 0 radical (unpaired) electrons. The number of carbonyl (C=O) groups excluding carboxylic acids is 2. The van der Waals surface area contributed by atoms with Gasteiger partial charge in [-0.05, 0) is 55.2 Å². The Hall–Kier alpha value is -2.98. The number of primary amides is 1. The first-order valence-electron chi connectivity index (χ1n) is 8.66. The zero-order valence-corrected chi connectivity index (χ0v) is 17.1. The third-order valence-electron chi connectivity index (χ3n) is 5.05. The molecule has 2 aromatic rings. The molecule has 0 saturated heterocycles. The molecular weight excluding hydrogens is 398 g/mol. The number of hydrogen-bond donors (Lipinski definition) is 3. The van der Waals surface area contributed by atoms with Crippen molar-refractivity contribution in [2.45, 2.75) is 31.6 Å². The molecule has 0 bridgehead atoms. The molecule has 0 aliphatic carbocycles. The lowest BCUT2D eigenvalue weighted by Gasteiger charge is -2.25. The number of benzene rings is 1. The Labute approximate surface area is 168 Å². The Morgan fingerprint density at radius 1 is 1.24 bits per heavy atom. The summed E-state index contributed by atoms with van der Waals surface area (Å²) in [5.74, 6) is -1.61. The number of sulfone groups is 1. The molecule has 4 N–H and O–H groups in total. The van der Waals surface area contributed by atoms with Gasteiger partial charge in [-0.15, -0.1) is 0 Å². The van der Waals surface area contributed by atoms with Crippen LogP contribution in [0.15, 0.2) is 41.3 Å². The van der Waals surface area contributed by atoms with Crippen LogP contribution in [-0.4, -0.2) is 41.0 Å². The molecule has 1 atom stereocenters. The summed E-state index contributed by atoms with van der Waals surface area (Å²) in [4.78, 5) is 35.6. The normalized spacial score (nSPS) is 13.5. The van der Waals surface area contributed by atoms with E-state index in [1.54, 1.807) is 31.2 Å². The number of rotatable bonds is 7. The van der Waals surface area contributed by atoms with E-state index in [4.69, 9.17) is 10.9 Å². The Kier molecular flexibility index (Phi) is 6.29. The molecule has 9 nitrogen and oxygen atoms in total. The largest absolute Gasteiger partial charge is 0.366 e. The van der Waals surface area contributed by atoms with Crippen LogP contribution in [0, 0.1) is 6.92 Å². The van der Waals surface area contributed by atoms with Gasteiger partial charge in [-0.2, -0.15) is 0 Å². The molecule has 0 aliphatic heterocycles. The fourth-order valence-electron chi connectivity index (χ4n) is 2.92. The van der Waals surface area contributed by atoms with Crippen LogP contribution >= 0.6 is 0 Å². The van der Waals surface area contributed by atoms with Crippen molar-refractivity contribution in [3.05, 3.63) is 58.0 Å². The van der Waals surface area contributed by atoms with Gasteiger partial charge in [-0.3, -0.25) is 19.6 Å². The Morgan fingerprint density at radius 3 is 2.38 bits per heavy atom. The highest BCUT2D eigenvalue weighted by molar-refractivity contribution is 7.92. The van der Waals surface area contributed by atoms with Gasteiger partial charge in [0.1, 0.15) is 0 Å². The van der Waals surface area contributed by atoms with Gasteiger partial charge >= 0.3 is 0 Å². The first-order valence-corrected chi connectivity index (χ1v) is 10.6. The standard InChI is InChI=1S/C19H23N3O6S/c1-12-10-14(17(20)24)4-5-15(12)13-6-8-22(16(23)11-13)9-7-19(2,18(25)21-26)29(3,27)28/h4-6,8,10-11,26H,7,9H2,1-3H3,(H2,20,24)(H,21,25). The maximum absolute atomic E-state index is 12.5. The Balaban J connectivity index is 2.32. The van der Waals surface area contributed by atoms with Crippen molar-refractivity contribution < 1.29 is 23.2 Å². The van der Waals surface area contributed by atoms with Gasteiger partial charge in [0, 0.05) is 30.6 Å². The summed E-state index contributed by atoms with van der Waals surface area (Å²) in [6.07, 6.45) is 2.19. The summed E-state index contributed by atoms with van der Waals surface area (Å²) in [7, 11) is -3.85. The van der Waals surface area contributed by atoms with Crippen LogP contribution in [0.5, 0.6) is 0 Å². The number of carbonyl (C=O) groups is 2. The van der Waals surface area contributed by atoms with E-state index in [0.29, 0.717) is 11.1 Å². The second-order valence-electron chi connectivity index (χ2n) is 7.03. The fourth-order valence-corrected chi connectivity index (χ4v) is 3.76. The third kappa shape index (κ3) is 4.54. The zero-order chi connectivity index (χ0) is 22.0. The van der Waals surface area contributed by atoms with Crippen molar-refractivity contribution >= 4 is 21.7 Å². The van der Waals surface area contributed by atoms with Crippen molar-refractivity contribution in [1.29, 1.82) is 0 Å². The molecule has 0 fully saturated rings. The van der Waals surface area contributed by atoms with Gasteiger partial charge in [0.2, 0.25) is 5.91 Å². The van der Waals surface area contributed by atoms with Crippen LogP contribution < -0.4 is 16.8 Å². The van der Waals surface area contributed by atoms with Gasteiger partial charge in [-0.25, -0.2) is 13.9 Å². The van der Waals surface area contributed by atoms with E-state index in [2.05, 4.69) is 0 Å². The number of amides is 2. The molecule has 1 unspecified atom stereocenters. The second-order valence-corrected chi connectivity index (χ2v) is 9.48. The highest BCUT2D eigenvalue weighted by Crippen LogP contribution is 2.24. The van der Waals surface area contributed by atoms with Crippen molar-refractivity contribution in [3.8, 4) is 11.1 Å². The van der Waals surface area contributed by atoms with Crippen molar-refractivity contribution in [2.75, 3.05) is 6.26 Å². The number of aromatic nitrogens is 1. The smallest absolute Gasteiger partial charge is 0.264 e. The second kappa shape index (κ2) is 8.18. The monoisotopic (exact) mass is 421 g/mol. The maximum atomic E-state index is 12.5. The van der Waals surface area contributed by atoms with Crippen molar-refractivity contribution in [2.24, 2.45) is 5.73 Å². The minimum atomic E-state index is -3.85. The molecule has 0 saturated carbocycles. The summed E-state index contributed by atoms with van der Waals surface area (Å²) in [5.41, 5.74) is 8.76. The number of hydroxylamine groups is 1. The molecule has 0 spiro atoms. The average molecular weight is 421 g/mol. The summed E-state index contributed by atoms with van der Waals surface area (Å²) in [6, 6.07) is 7.96. The minimum absolute atomic E-state index is 0.0459. The predicted molar refractivity (Wildman–Crippen MR) is 107 cm³/mol. The maximum Gasteiger partial charge on any atom is 0.264 e. The summed E-state index contributed by atoms with van der Waals surface area (Å²) in [5, 5.41) is 8.87. The average Bonchev–Trinajstić information content (AvgIpc) is 2.64. The van der Waals surface area contributed by atoms with E-state index in [1.165, 1.54) is 29.2 Å². The molecule has 29 heavy (non-hydrogen) atoms. The number of nitrogens with zero attached hydrogens (tertiary/aromatic N) is 1. The first-order chi connectivity index (χ1) is 13.4. The van der Waals surface area contributed by atoms with E-state index < -0.39 is 26.4 Å². The van der Waals surface area contributed by atoms with Gasteiger partial charge < -0.3 is 10.3 Å². The fraction of sp³-hybridized carbons (Fsp3) is 0.316. The van der Waals surface area contributed by atoms with Crippen LogP contribution in [-0.2, 0) is 21.2 Å². The molecular formula is C19H23N3O6S. The van der Waals surface area contributed by atoms with Crippen molar-refractivity contribution in [3.63, 3.8) is 0 Å². The van der Waals surface area contributed by atoms with E-state index in [1.807, 2.05) is 0 Å². The third-order valence-corrected chi connectivity index (χ3v) is 7.07. The number of aryl methyl sites for hydroxylation is 2. The summed E-state index contributed by atoms with van der Waals surface area (Å²) >= 11 is 0. The highest BCUT2D eigenvalue weighted by atomic mass is 32.2. The number of nitrogens with two attached hydrogens (primary N) is 1. The topological polar surface area (TPSA) is 149 Å². The molecule has 1 aromatic carbocycles. The van der Waals surface area contributed by atoms with Crippen molar-refractivity contribution in [1.82, 2.24) is 10.0 Å². The number of hydrogen-bond acceptors (Lipinski definition) is 6. The SMILES string of the molecule is Cc1cc(C(N)=O)ccc1-c1ccn(CCC(C)(C(=O)NO)S(C)(=O)=O)c(=O)c1. The molecule has 2 rings (SSSR count). The van der Waals surface area contributed by atoms with Crippen LogP contribution in [0.2, 0.25) is 0 Å². The highest BCUT2D eigenvalue weighted by Gasteiger charge is 2.43. The van der Waals surface area contributed by atoms with Crippen LogP contribution in [0.1, 0.15) is 29.3 Å². The van der Waals surface area contributed by atoms with Gasteiger partial charge in [0.05, 0.1) is 0 Å². The Bertz CT molecular complexity index is 1120. The van der Waals surface area contributed by atoms with E-state index in [9.17, 15) is 22.8 Å². The first kappa shape index (κ1) is 22.3. The molecule has 2 amide bonds. The summed E-state index contributed by atoms with van der Waals surface area (Å²) < 4.78 is 23.4.